The van der Waals surface area contributed by atoms with Gasteiger partial charge in [0, 0.05) is 19.9 Å². The first kappa shape index (κ1) is 14.0. The maximum Gasteiger partial charge on any atom is 0.0686 e. The molecule has 2 aliphatic rings. The van der Waals surface area contributed by atoms with E-state index < -0.39 is 0 Å². The molecule has 1 aliphatic carbocycles. The van der Waals surface area contributed by atoms with Crippen LogP contribution in [-0.2, 0) is 11.8 Å². The molecule has 1 spiro atoms. The Balaban J connectivity index is 1.76. The van der Waals surface area contributed by atoms with Crippen LogP contribution in [0.15, 0.2) is 12.3 Å². The fourth-order valence-corrected chi connectivity index (χ4v) is 4.05. The van der Waals surface area contributed by atoms with Crippen LogP contribution in [0.2, 0.25) is 0 Å². The van der Waals surface area contributed by atoms with Gasteiger partial charge >= 0.3 is 0 Å². The molecule has 1 aromatic rings. The number of hydrogen-bond donors (Lipinski definition) is 2. The van der Waals surface area contributed by atoms with E-state index in [-0.39, 0.29) is 11.6 Å². The van der Waals surface area contributed by atoms with Crippen molar-refractivity contribution in [3.63, 3.8) is 0 Å². The number of rotatable bonds is 3. The molecule has 2 heterocycles. The molecule has 2 atom stereocenters. The maximum atomic E-state index is 6.19. The van der Waals surface area contributed by atoms with Gasteiger partial charge in [-0.25, -0.2) is 0 Å². The SMILES string of the molecule is Cn1nccc1C(NN)C1CCOC2(CCCCC2)C1. The monoisotopic (exact) mass is 278 g/mol. The second-order valence-corrected chi connectivity index (χ2v) is 6.37. The van der Waals surface area contributed by atoms with Gasteiger partial charge < -0.3 is 4.74 Å². The highest BCUT2D eigenvalue weighted by Crippen LogP contribution is 2.43. The van der Waals surface area contributed by atoms with E-state index in [1.54, 1.807) is 0 Å². The molecule has 0 bridgehead atoms. The number of hydrazine groups is 1. The molecular weight excluding hydrogens is 252 g/mol. The summed E-state index contributed by atoms with van der Waals surface area (Å²) in [4.78, 5) is 0. The van der Waals surface area contributed by atoms with E-state index in [9.17, 15) is 0 Å². The van der Waals surface area contributed by atoms with Crippen molar-refractivity contribution in [1.29, 1.82) is 0 Å². The summed E-state index contributed by atoms with van der Waals surface area (Å²) in [6.07, 6.45) is 10.4. The third kappa shape index (κ3) is 2.62. The van der Waals surface area contributed by atoms with Crippen LogP contribution in [0.3, 0.4) is 0 Å². The van der Waals surface area contributed by atoms with Gasteiger partial charge in [0.25, 0.3) is 0 Å². The third-order valence-corrected chi connectivity index (χ3v) is 5.12. The summed E-state index contributed by atoms with van der Waals surface area (Å²) in [5.74, 6) is 6.38. The standard InChI is InChI=1S/C15H26N4O/c1-19-13(5-9-17-19)14(18-16)12-6-10-20-15(11-12)7-3-2-4-8-15/h5,9,12,14,18H,2-4,6-8,10-11,16H2,1H3. The second-order valence-electron chi connectivity index (χ2n) is 6.37. The first-order chi connectivity index (χ1) is 9.74. The average molecular weight is 278 g/mol. The van der Waals surface area contributed by atoms with Crippen LogP contribution in [-0.4, -0.2) is 22.0 Å². The molecule has 5 heteroatoms. The Labute approximate surface area is 120 Å². The fourth-order valence-electron chi connectivity index (χ4n) is 4.05. The van der Waals surface area contributed by atoms with Crippen molar-refractivity contribution >= 4 is 0 Å². The lowest BCUT2D eigenvalue weighted by Gasteiger charge is -2.45. The Bertz CT molecular complexity index is 433. The van der Waals surface area contributed by atoms with Crippen LogP contribution in [0.25, 0.3) is 0 Å². The van der Waals surface area contributed by atoms with Gasteiger partial charge in [0.15, 0.2) is 0 Å². The van der Waals surface area contributed by atoms with Crippen molar-refractivity contribution in [3.05, 3.63) is 18.0 Å². The van der Waals surface area contributed by atoms with Crippen molar-refractivity contribution in [2.75, 3.05) is 6.61 Å². The van der Waals surface area contributed by atoms with Crippen molar-refractivity contribution in [2.45, 2.75) is 56.6 Å². The minimum atomic E-state index is 0.120. The molecule has 0 radical (unpaired) electrons. The van der Waals surface area contributed by atoms with Gasteiger partial charge in [0.2, 0.25) is 0 Å². The second kappa shape index (κ2) is 5.84. The van der Waals surface area contributed by atoms with Crippen molar-refractivity contribution in [3.8, 4) is 0 Å². The molecule has 2 unspecified atom stereocenters. The molecule has 112 valence electrons. The topological polar surface area (TPSA) is 65.1 Å². The summed E-state index contributed by atoms with van der Waals surface area (Å²) >= 11 is 0. The van der Waals surface area contributed by atoms with Gasteiger partial charge in [-0.3, -0.25) is 16.0 Å². The molecule has 5 nitrogen and oxygen atoms in total. The first-order valence-electron chi connectivity index (χ1n) is 7.82. The van der Waals surface area contributed by atoms with E-state index in [0.29, 0.717) is 5.92 Å². The molecular formula is C15H26N4O. The molecule has 3 rings (SSSR count). The largest absolute Gasteiger partial charge is 0.375 e. The average Bonchev–Trinajstić information content (AvgIpc) is 2.87. The molecule has 1 aromatic heterocycles. The lowest BCUT2D eigenvalue weighted by Crippen LogP contribution is -2.46. The Hall–Kier alpha value is -0.910. The lowest BCUT2D eigenvalue weighted by molar-refractivity contribution is -0.122. The first-order valence-corrected chi connectivity index (χ1v) is 7.82. The van der Waals surface area contributed by atoms with Crippen LogP contribution in [0.5, 0.6) is 0 Å². The number of aromatic nitrogens is 2. The van der Waals surface area contributed by atoms with Gasteiger partial charge in [0.05, 0.1) is 17.3 Å². The van der Waals surface area contributed by atoms with Crippen LogP contribution in [0, 0.1) is 5.92 Å². The van der Waals surface area contributed by atoms with Gasteiger partial charge in [0.1, 0.15) is 0 Å². The minimum absolute atomic E-state index is 0.120. The number of nitrogens with one attached hydrogen (secondary N) is 1. The van der Waals surface area contributed by atoms with Crippen molar-refractivity contribution in [1.82, 2.24) is 15.2 Å². The third-order valence-electron chi connectivity index (χ3n) is 5.12. The van der Waals surface area contributed by atoms with Crippen LogP contribution in [0.4, 0.5) is 0 Å². The molecule has 3 N–H and O–H groups in total. The van der Waals surface area contributed by atoms with Crippen molar-refractivity contribution in [2.24, 2.45) is 18.8 Å². The zero-order valence-electron chi connectivity index (χ0n) is 12.3. The minimum Gasteiger partial charge on any atom is -0.375 e. The van der Waals surface area contributed by atoms with Crippen LogP contribution in [0.1, 0.15) is 56.7 Å². The van der Waals surface area contributed by atoms with Crippen LogP contribution < -0.4 is 11.3 Å². The number of ether oxygens (including phenoxy) is 1. The van der Waals surface area contributed by atoms with E-state index in [0.717, 1.165) is 19.4 Å². The predicted molar refractivity (Wildman–Crippen MR) is 77.8 cm³/mol. The summed E-state index contributed by atoms with van der Waals surface area (Å²) in [5, 5.41) is 4.27. The summed E-state index contributed by atoms with van der Waals surface area (Å²) in [5.41, 5.74) is 4.31. The fraction of sp³-hybridized carbons (Fsp3) is 0.800. The molecule has 2 fully saturated rings. The van der Waals surface area contributed by atoms with Gasteiger partial charge in [-0.05, 0) is 37.7 Å². The molecule has 1 aliphatic heterocycles. The highest BCUT2D eigenvalue weighted by molar-refractivity contribution is 5.09. The zero-order valence-corrected chi connectivity index (χ0v) is 12.3. The smallest absolute Gasteiger partial charge is 0.0686 e. The summed E-state index contributed by atoms with van der Waals surface area (Å²) in [6.45, 7) is 0.862. The number of hydrogen-bond acceptors (Lipinski definition) is 4. The Morgan fingerprint density at radius 1 is 1.45 bits per heavy atom. The molecule has 1 saturated heterocycles. The summed E-state index contributed by atoms with van der Waals surface area (Å²) in [6, 6.07) is 2.23. The Kier molecular flexibility index (Phi) is 4.10. The lowest BCUT2D eigenvalue weighted by atomic mass is 9.73. The van der Waals surface area contributed by atoms with Crippen LogP contribution >= 0.6 is 0 Å². The number of aryl methyl sites for hydroxylation is 1. The Morgan fingerprint density at radius 3 is 2.90 bits per heavy atom. The van der Waals surface area contributed by atoms with E-state index in [4.69, 9.17) is 10.6 Å². The maximum absolute atomic E-state index is 6.19. The van der Waals surface area contributed by atoms with Gasteiger partial charge in [-0.2, -0.15) is 5.10 Å². The number of nitrogens with two attached hydrogens (primary N) is 1. The summed E-state index contributed by atoms with van der Waals surface area (Å²) in [7, 11) is 1.98. The highest BCUT2D eigenvalue weighted by Gasteiger charge is 2.41. The van der Waals surface area contributed by atoms with E-state index in [2.05, 4.69) is 16.6 Å². The molecule has 1 saturated carbocycles. The normalized spacial score (nSPS) is 27.6. The highest BCUT2D eigenvalue weighted by atomic mass is 16.5. The van der Waals surface area contributed by atoms with E-state index in [1.165, 1.54) is 37.8 Å². The predicted octanol–water partition coefficient (Wildman–Crippen LogP) is 2.05. The zero-order chi connectivity index (χ0) is 14.0. The summed E-state index contributed by atoms with van der Waals surface area (Å²) < 4.78 is 8.11. The van der Waals surface area contributed by atoms with Crippen molar-refractivity contribution < 1.29 is 4.74 Å². The van der Waals surface area contributed by atoms with E-state index in [1.807, 2.05) is 17.9 Å². The quantitative estimate of drug-likeness (QED) is 0.656. The van der Waals surface area contributed by atoms with Gasteiger partial charge in [-0.15, -0.1) is 0 Å². The molecule has 0 aromatic carbocycles. The number of nitrogens with zero attached hydrogens (tertiary/aromatic N) is 2. The Morgan fingerprint density at radius 2 is 2.25 bits per heavy atom. The molecule has 0 amide bonds. The molecule has 20 heavy (non-hydrogen) atoms. The van der Waals surface area contributed by atoms with E-state index >= 15 is 0 Å². The van der Waals surface area contributed by atoms with Gasteiger partial charge in [-0.1, -0.05) is 19.3 Å².